The summed E-state index contributed by atoms with van der Waals surface area (Å²) in [7, 11) is -2.66. The molecule has 1 aliphatic heterocycles. The summed E-state index contributed by atoms with van der Waals surface area (Å²) in [5, 5.41) is 6.68. The Balaban J connectivity index is 1.46. The quantitative estimate of drug-likeness (QED) is 0.131. The lowest BCUT2D eigenvalue weighted by Gasteiger charge is -2.22. The number of hydrogen-bond acceptors (Lipinski definition) is 9. The molecule has 1 N–H and O–H groups in total. The molecule has 16 heteroatoms. The molecule has 0 saturated carbocycles. The number of anilines is 2. The van der Waals surface area contributed by atoms with Gasteiger partial charge in [-0.3, -0.25) is 19.8 Å². The first-order valence-corrected chi connectivity index (χ1v) is 17.1. The Hall–Kier alpha value is -5.35. The number of rotatable bonds is 12. The summed E-state index contributed by atoms with van der Waals surface area (Å²) >= 11 is 5.80. The van der Waals surface area contributed by atoms with E-state index in [0.29, 0.717) is 29.3 Å². The van der Waals surface area contributed by atoms with Crippen molar-refractivity contribution < 1.29 is 41.5 Å². The van der Waals surface area contributed by atoms with Crippen molar-refractivity contribution in [3.05, 3.63) is 95.2 Å². The number of esters is 1. The average Bonchev–Trinajstić information content (AvgIpc) is 3.52. The zero-order chi connectivity index (χ0) is 35.3. The summed E-state index contributed by atoms with van der Waals surface area (Å²) in [6, 6.07) is 18.0. The van der Waals surface area contributed by atoms with Gasteiger partial charge in [0.25, 0.3) is 27.2 Å². The molecule has 1 atom stereocenters. The van der Waals surface area contributed by atoms with Crippen LogP contribution in [0.5, 0.6) is 5.75 Å². The molecule has 0 bridgehead atoms. The number of aryl methyl sites for hydroxylation is 2. The first-order valence-electron chi connectivity index (χ1n) is 15.3. The molecule has 2 heterocycles. The van der Waals surface area contributed by atoms with Crippen LogP contribution in [0.4, 0.5) is 11.4 Å². The Bertz CT molecular complexity index is 2040. The molecule has 1 aliphatic rings. The van der Waals surface area contributed by atoms with Gasteiger partial charge < -0.3 is 24.2 Å². The largest absolute Gasteiger partial charge is 0.494 e. The number of carbonyl (C=O) groups is 3. The first-order chi connectivity index (χ1) is 23.4. The summed E-state index contributed by atoms with van der Waals surface area (Å²) in [5.41, 5.74) is 1.93. The minimum atomic E-state index is -4.19. The Morgan fingerprint density at radius 1 is 1.02 bits per heavy atom. The van der Waals surface area contributed by atoms with Gasteiger partial charge in [0.05, 0.1) is 35.8 Å². The molecule has 49 heavy (non-hydrogen) atoms. The van der Waals surface area contributed by atoms with Gasteiger partial charge in [-0.15, -0.1) is 4.40 Å². The van der Waals surface area contributed by atoms with Crippen molar-refractivity contribution in [3.63, 3.8) is 0 Å². The van der Waals surface area contributed by atoms with Crippen LogP contribution in [0.25, 0.3) is 0 Å². The molecule has 14 nitrogen and oxygen atoms in total. The molecular weight excluding hydrogens is 673 g/mol. The number of aromatic nitrogens is 2. The molecule has 1 saturated heterocycles. The van der Waals surface area contributed by atoms with E-state index in [4.69, 9.17) is 26.2 Å². The van der Waals surface area contributed by atoms with Gasteiger partial charge in [-0.1, -0.05) is 17.7 Å². The monoisotopic (exact) mass is 706 g/mol. The number of sulfonamides is 1. The second-order valence-electron chi connectivity index (χ2n) is 10.9. The van der Waals surface area contributed by atoms with Crippen LogP contribution < -0.4 is 30.5 Å². The fourth-order valence-corrected chi connectivity index (χ4v) is 6.34. The van der Waals surface area contributed by atoms with E-state index in [2.05, 4.69) is 15.0 Å². The molecule has 3 aromatic carbocycles. The summed E-state index contributed by atoms with van der Waals surface area (Å²) in [6.45, 7) is 5.90. The second-order valence-corrected chi connectivity index (χ2v) is 12.9. The van der Waals surface area contributed by atoms with Crippen LogP contribution in [0.3, 0.4) is 0 Å². The van der Waals surface area contributed by atoms with E-state index in [-0.39, 0.29) is 40.8 Å². The smallest absolute Gasteiger partial charge is 0.338 e. The summed E-state index contributed by atoms with van der Waals surface area (Å²) < 4.78 is 47.4. The van der Waals surface area contributed by atoms with E-state index < -0.39 is 33.8 Å². The Morgan fingerprint density at radius 2 is 1.69 bits per heavy atom. The van der Waals surface area contributed by atoms with Crippen LogP contribution in [0.2, 0.25) is 0 Å². The van der Waals surface area contributed by atoms with E-state index in [9.17, 15) is 22.8 Å². The van der Waals surface area contributed by atoms with Gasteiger partial charge in [0.2, 0.25) is 5.91 Å². The molecule has 1 aromatic heterocycles. The number of amides is 2. The van der Waals surface area contributed by atoms with Gasteiger partial charge in [-0.05, 0) is 93.7 Å². The number of nitrogens with one attached hydrogen (secondary N) is 1. The molecule has 0 radical (unpaired) electrons. The maximum atomic E-state index is 14.0. The van der Waals surface area contributed by atoms with E-state index in [1.807, 2.05) is 13.8 Å². The zero-order valence-corrected chi connectivity index (χ0v) is 28.8. The van der Waals surface area contributed by atoms with Gasteiger partial charge >= 0.3 is 5.97 Å². The van der Waals surface area contributed by atoms with Crippen LogP contribution in [0.1, 0.15) is 41.9 Å². The standard InChI is InChI=1S/C33H34N6O8S2/c1-5-45-25-15-13-24(14-16-25)39-31(41)27(19-29(40)34-23-11-9-22(10-12-23)32(42)46-6-2)38(33(39)48)20-28-30(47-36-37(28)4)35-49(43,44)26-17-7-21(3)8-18-26/h7-18,27H,5-6,19-20H2,1-4H3,(H,34,40)/b35-30-. The van der Waals surface area contributed by atoms with Gasteiger partial charge in [-0.25, -0.2) is 9.48 Å². The lowest BCUT2D eigenvalue weighted by Crippen LogP contribution is -2.45. The Morgan fingerprint density at radius 3 is 2.33 bits per heavy atom. The number of benzene rings is 3. The fraction of sp³-hybridized carbons (Fsp3) is 0.273. The Kier molecular flexibility index (Phi) is 10.6. The van der Waals surface area contributed by atoms with Crippen molar-refractivity contribution in [1.82, 2.24) is 10.2 Å². The van der Waals surface area contributed by atoms with E-state index in [1.54, 1.807) is 55.5 Å². The van der Waals surface area contributed by atoms with Crippen molar-refractivity contribution in [1.29, 1.82) is 0 Å². The molecule has 1 unspecified atom stereocenters. The second kappa shape index (κ2) is 14.8. The fourth-order valence-electron chi connectivity index (χ4n) is 5.01. The van der Waals surface area contributed by atoms with Crippen molar-refractivity contribution in [2.45, 2.75) is 44.7 Å². The molecule has 1 fully saturated rings. The van der Waals surface area contributed by atoms with Gasteiger partial charge in [-0.2, -0.15) is 8.42 Å². The minimum absolute atomic E-state index is 0.0403. The van der Waals surface area contributed by atoms with Crippen LogP contribution in [-0.2, 0) is 37.9 Å². The Labute approximate surface area is 288 Å². The molecular formula is C33H34N6O8S2. The van der Waals surface area contributed by atoms with Gasteiger partial charge in [0.1, 0.15) is 25.4 Å². The minimum Gasteiger partial charge on any atom is -0.494 e. The highest BCUT2D eigenvalue weighted by Gasteiger charge is 2.45. The predicted octanol–water partition coefficient (Wildman–Crippen LogP) is 2.77. The number of thiocarbonyl (C=S) groups is 1. The maximum Gasteiger partial charge on any atom is 0.338 e. The molecule has 4 aromatic rings. The molecule has 2 amide bonds. The number of hydrogen-bond donors (Lipinski definition) is 1. The maximum absolute atomic E-state index is 14.0. The third-order valence-electron chi connectivity index (χ3n) is 7.51. The number of ether oxygens (including phenoxy) is 2. The van der Waals surface area contributed by atoms with E-state index in [0.717, 1.165) is 5.56 Å². The highest BCUT2D eigenvalue weighted by atomic mass is 32.2. The first kappa shape index (κ1) is 35.0. The topological polar surface area (TPSA) is 166 Å². The van der Waals surface area contributed by atoms with Crippen molar-refractivity contribution >= 4 is 56.5 Å². The van der Waals surface area contributed by atoms with Crippen LogP contribution >= 0.6 is 12.2 Å². The summed E-state index contributed by atoms with van der Waals surface area (Å²) in [5.74, 6) is -0.879. The van der Waals surface area contributed by atoms with Crippen LogP contribution in [-0.4, -0.2) is 55.5 Å². The predicted molar refractivity (Wildman–Crippen MR) is 180 cm³/mol. The molecule has 0 aliphatic carbocycles. The van der Waals surface area contributed by atoms with Crippen LogP contribution in [0.15, 0.2) is 86.6 Å². The SMILES string of the molecule is CCOC(=O)c1ccc(NC(=O)CC2C(=O)N(c3ccc(OCC)cc3)C(=S)N2Cc2/c(=N/S(=O)(=O)c3ccc(C)cc3)o[n-][n+]2C)cc1. The lowest BCUT2D eigenvalue weighted by atomic mass is 10.1. The number of carbonyl (C=O) groups excluding carboxylic acids is 3. The van der Waals surface area contributed by atoms with E-state index >= 15 is 0 Å². The third-order valence-corrected chi connectivity index (χ3v) is 9.20. The third kappa shape index (κ3) is 7.87. The van der Waals surface area contributed by atoms with Gasteiger partial charge in [0, 0.05) is 5.69 Å². The summed E-state index contributed by atoms with van der Waals surface area (Å²) in [4.78, 5) is 42.2. The zero-order valence-electron chi connectivity index (χ0n) is 27.2. The lowest BCUT2D eigenvalue weighted by molar-refractivity contribution is -0.752. The van der Waals surface area contributed by atoms with Gasteiger partial charge in [0.15, 0.2) is 5.11 Å². The van der Waals surface area contributed by atoms with Crippen LogP contribution in [0, 0.1) is 6.92 Å². The molecule has 256 valence electrons. The number of nitrogens with zero attached hydrogens (tertiary/aromatic N) is 5. The van der Waals surface area contributed by atoms with Crippen molar-refractivity contribution in [2.24, 2.45) is 11.4 Å². The van der Waals surface area contributed by atoms with Crippen molar-refractivity contribution in [2.75, 3.05) is 23.4 Å². The normalized spacial score (nSPS) is 15.1. The van der Waals surface area contributed by atoms with Crippen molar-refractivity contribution in [3.8, 4) is 5.75 Å². The summed E-state index contributed by atoms with van der Waals surface area (Å²) in [6.07, 6.45) is -0.324. The average molecular weight is 707 g/mol. The molecule has 5 rings (SSSR count). The highest BCUT2D eigenvalue weighted by molar-refractivity contribution is 7.90. The highest BCUT2D eigenvalue weighted by Crippen LogP contribution is 2.30. The van der Waals surface area contributed by atoms with E-state index in [1.165, 1.54) is 45.8 Å². The molecule has 0 spiro atoms.